The van der Waals surface area contributed by atoms with Crippen molar-refractivity contribution in [3.63, 3.8) is 0 Å². The van der Waals surface area contributed by atoms with Gasteiger partial charge in [0, 0.05) is 6.66 Å². The maximum Gasteiger partial charge on any atom is 0.343 e. The molecule has 0 aromatic carbocycles. The maximum absolute atomic E-state index is 11.4. The van der Waals surface area contributed by atoms with Gasteiger partial charge in [0.05, 0.1) is 6.61 Å². The third-order valence-corrected chi connectivity index (χ3v) is 5.55. The largest absolute Gasteiger partial charge is 0.343 e. The molecular weight excluding hydrogens is 321 g/mol. The molecule has 0 saturated heterocycles. The van der Waals surface area contributed by atoms with Gasteiger partial charge in [-0.2, -0.15) is 0 Å². The molecule has 0 heterocycles. The van der Waals surface area contributed by atoms with Gasteiger partial charge in [0.2, 0.25) is 0 Å². The minimum absolute atomic E-state index is 0.476. The van der Waals surface area contributed by atoms with E-state index in [9.17, 15) is 4.57 Å². The fourth-order valence-corrected chi connectivity index (χ4v) is 3.43. The van der Waals surface area contributed by atoms with Crippen molar-refractivity contribution in [3.05, 3.63) is 0 Å². The highest BCUT2D eigenvalue weighted by atomic mass is 31.2. The van der Waals surface area contributed by atoms with E-state index in [1.54, 1.807) is 0 Å². The number of hydrogen-bond donors (Lipinski definition) is 1. The van der Waals surface area contributed by atoms with E-state index in [4.69, 9.17) is 10.4 Å². The quantitative estimate of drug-likeness (QED) is 0.153. The topological polar surface area (TPSA) is 61.5 Å². The zero-order valence-corrected chi connectivity index (χ0v) is 17.2. The van der Waals surface area contributed by atoms with Crippen LogP contribution in [0.1, 0.15) is 110 Å². The van der Waals surface area contributed by atoms with Gasteiger partial charge in [0.25, 0.3) is 0 Å². The van der Waals surface area contributed by atoms with Crippen LogP contribution in [0, 0.1) is 0 Å². The van der Waals surface area contributed by atoms with Gasteiger partial charge in [-0.05, 0) is 6.42 Å². The fourth-order valence-electron chi connectivity index (χ4n) is 2.91. The summed E-state index contributed by atoms with van der Waals surface area (Å²) in [6.45, 7) is 4.15. The molecule has 0 saturated carbocycles. The molecule has 0 bridgehead atoms. The van der Waals surface area contributed by atoms with E-state index in [1.165, 1.54) is 96.6 Å². The second-order valence-corrected chi connectivity index (χ2v) is 9.02. The number of rotatable bonds is 19. The Bertz CT molecular complexity index is 300. The van der Waals surface area contributed by atoms with Crippen LogP contribution in [0.15, 0.2) is 0 Å². The van der Waals surface area contributed by atoms with Crippen molar-refractivity contribution in [2.75, 3.05) is 13.3 Å². The summed E-state index contributed by atoms with van der Waals surface area (Å²) in [5.74, 6) is 4.89. The molecule has 0 rings (SSSR count). The van der Waals surface area contributed by atoms with Crippen molar-refractivity contribution in [1.82, 2.24) is 0 Å². The van der Waals surface area contributed by atoms with Gasteiger partial charge >= 0.3 is 7.60 Å². The molecule has 2 N–H and O–H groups in total. The summed E-state index contributed by atoms with van der Waals surface area (Å²) in [6, 6.07) is 0. The van der Waals surface area contributed by atoms with E-state index >= 15 is 0 Å². The predicted molar refractivity (Wildman–Crippen MR) is 104 cm³/mol. The van der Waals surface area contributed by atoms with Crippen molar-refractivity contribution in [3.8, 4) is 0 Å². The van der Waals surface area contributed by atoms with E-state index in [1.807, 2.05) is 0 Å². The Hall–Kier alpha value is 0.110. The lowest BCUT2D eigenvalue weighted by atomic mass is 10.0. The van der Waals surface area contributed by atoms with Crippen LogP contribution in [0.3, 0.4) is 0 Å². The van der Waals surface area contributed by atoms with Crippen LogP contribution in [0.25, 0.3) is 0 Å². The Morgan fingerprint density at radius 3 is 1.33 bits per heavy atom. The van der Waals surface area contributed by atoms with Crippen LogP contribution in [0.5, 0.6) is 0 Å². The molecule has 0 radical (unpaired) electrons. The van der Waals surface area contributed by atoms with Gasteiger partial charge in [-0.15, -0.1) is 0 Å². The van der Waals surface area contributed by atoms with E-state index in [0.29, 0.717) is 6.61 Å². The zero-order chi connectivity index (χ0) is 17.9. The Morgan fingerprint density at radius 2 is 1.00 bits per heavy atom. The van der Waals surface area contributed by atoms with Gasteiger partial charge in [0.1, 0.15) is 0 Å². The summed E-state index contributed by atoms with van der Waals surface area (Å²) in [5.41, 5.74) is 0. The second-order valence-electron chi connectivity index (χ2n) is 7.01. The van der Waals surface area contributed by atoms with Crippen LogP contribution < -0.4 is 5.90 Å². The van der Waals surface area contributed by atoms with Gasteiger partial charge in [-0.1, -0.05) is 103 Å². The fraction of sp³-hybridized carbons (Fsp3) is 1.00. The van der Waals surface area contributed by atoms with Crippen molar-refractivity contribution >= 4 is 7.60 Å². The molecule has 1 atom stereocenters. The minimum Gasteiger partial charge on any atom is -0.308 e. The molecule has 146 valence electrons. The smallest absolute Gasteiger partial charge is 0.308 e. The van der Waals surface area contributed by atoms with Gasteiger partial charge in [-0.25, -0.2) is 10.5 Å². The SMILES string of the molecule is CCCCCCCCCCCCCCCCCCOP(C)(=O)ON. The Balaban J connectivity index is 3.06. The van der Waals surface area contributed by atoms with Crippen molar-refractivity contribution < 1.29 is 13.7 Å². The molecule has 24 heavy (non-hydrogen) atoms. The molecule has 1 unspecified atom stereocenters. The highest BCUT2D eigenvalue weighted by molar-refractivity contribution is 7.52. The van der Waals surface area contributed by atoms with Crippen LogP contribution >= 0.6 is 7.60 Å². The molecule has 0 aliphatic carbocycles. The molecule has 0 aromatic rings. The second kappa shape index (κ2) is 17.9. The van der Waals surface area contributed by atoms with Crippen LogP contribution in [0.4, 0.5) is 0 Å². The monoisotopic (exact) mass is 363 g/mol. The molecule has 0 aliphatic heterocycles. The molecule has 0 spiro atoms. The van der Waals surface area contributed by atoms with Crippen molar-refractivity contribution in [2.24, 2.45) is 5.90 Å². The lowest BCUT2D eigenvalue weighted by Gasteiger charge is -2.09. The Labute approximate surface area is 150 Å². The summed E-state index contributed by atoms with van der Waals surface area (Å²) in [5, 5.41) is 0. The lowest BCUT2D eigenvalue weighted by molar-refractivity contribution is 0.209. The summed E-state index contributed by atoms with van der Waals surface area (Å²) in [7, 11) is -2.99. The Kier molecular flexibility index (Phi) is 18.0. The average Bonchev–Trinajstić information content (AvgIpc) is 2.57. The third kappa shape index (κ3) is 18.4. The molecule has 0 aromatic heterocycles. The lowest BCUT2D eigenvalue weighted by Crippen LogP contribution is -2.00. The summed E-state index contributed by atoms with van der Waals surface area (Å²) < 4.78 is 20.8. The van der Waals surface area contributed by atoms with Crippen molar-refractivity contribution in [1.29, 1.82) is 0 Å². The molecule has 0 amide bonds. The highest BCUT2D eigenvalue weighted by Gasteiger charge is 2.14. The normalized spacial score (nSPS) is 14.0. The first-order valence-electron chi connectivity index (χ1n) is 10.2. The number of unbranched alkanes of at least 4 members (excludes halogenated alkanes) is 15. The number of hydrogen-bond acceptors (Lipinski definition) is 4. The maximum atomic E-state index is 11.4. The molecule has 4 nitrogen and oxygen atoms in total. The predicted octanol–water partition coefficient (Wildman–Crippen LogP) is 6.98. The van der Waals surface area contributed by atoms with E-state index in [-0.39, 0.29) is 0 Å². The first kappa shape index (κ1) is 24.1. The van der Waals surface area contributed by atoms with Crippen LogP contribution in [0.2, 0.25) is 0 Å². The average molecular weight is 364 g/mol. The number of nitrogens with two attached hydrogens (primary N) is 1. The van der Waals surface area contributed by atoms with Gasteiger partial charge in [0.15, 0.2) is 0 Å². The standard InChI is InChI=1S/C19H42NO3P/c1-3-4-5-6-7-8-9-10-11-12-13-14-15-16-17-18-19-22-24(2,21)23-20/h3-20H2,1-2H3. The van der Waals surface area contributed by atoms with Crippen LogP contribution in [-0.4, -0.2) is 13.3 Å². The van der Waals surface area contributed by atoms with E-state index in [0.717, 1.165) is 12.8 Å². The molecular formula is C19H42NO3P. The van der Waals surface area contributed by atoms with Gasteiger partial charge < -0.3 is 4.52 Å². The first-order chi connectivity index (χ1) is 11.6. The minimum atomic E-state index is -2.99. The summed E-state index contributed by atoms with van der Waals surface area (Å²) in [4.78, 5) is 0. The van der Waals surface area contributed by atoms with Crippen LogP contribution in [-0.2, 0) is 13.7 Å². The Morgan fingerprint density at radius 1 is 0.667 bits per heavy atom. The summed E-state index contributed by atoms with van der Waals surface area (Å²) in [6.07, 6.45) is 21.5. The van der Waals surface area contributed by atoms with Gasteiger partial charge in [-0.3, -0.25) is 4.57 Å². The zero-order valence-electron chi connectivity index (χ0n) is 16.3. The molecule has 5 heteroatoms. The molecule has 0 fully saturated rings. The van der Waals surface area contributed by atoms with Crippen molar-refractivity contribution in [2.45, 2.75) is 110 Å². The van der Waals surface area contributed by atoms with E-state index in [2.05, 4.69) is 11.5 Å². The first-order valence-corrected chi connectivity index (χ1v) is 12.2. The third-order valence-electron chi connectivity index (χ3n) is 4.52. The molecule has 0 aliphatic rings. The van der Waals surface area contributed by atoms with E-state index < -0.39 is 7.60 Å². The summed E-state index contributed by atoms with van der Waals surface area (Å²) >= 11 is 0. The highest BCUT2D eigenvalue weighted by Crippen LogP contribution is 2.41.